The maximum atomic E-state index is 12.2. The quantitative estimate of drug-likeness (QED) is 0.921. The normalized spacial score (nSPS) is 18.1. The first-order valence-corrected chi connectivity index (χ1v) is 7.34. The van der Waals surface area contributed by atoms with E-state index in [9.17, 15) is 4.79 Å². The maximum absolute atomic E-state index is 12.2. The van der Waals surface area contributed by atoms with E-state index in [0.29, 0.717) is 15.7 Å². The van der Waals surface area contributed by atoms with Crippen molar-refractivity contribution >= 4 is 34.8 Å². The largest absolute Gasteiger partial charge is 0.323 e. The van der Waals surface area contributed by atoms with Crippen molar-refractivity contribution < 1.29 is 4.79 Å². The van der Waals surface area contributed by atoms with Crippen LogP contribution >= 0.6 is 23.2 Å². The van der Waals surface area contributed by atoms with Gasteiger partial charge in [-0.25, -0.2) is 0 Å². The van der Waals surface area contributed by atoms with Crippen LogP contribution in [0.2, 0.25) is 10.0 Å². The molecule has 19 heavy (non-hydrogen) atoms. The van der Waals surface area contributed by atoms with Crippen molar-refractivity contribution in [2.75, 3.05) is 18.4 Å². The molecule has 5 heteroatoms. The topological polar surface area (TPSA) is 32.3 Å². The summed E-state index contributed by atoms with van der Waals surface area (Å²) in [5, 5.41) is 3.69. The summed E-state index contributed by atoms with van der Waals surface area (Å²) in [7, 11) is 0. The van der Waals surface area contributed by atoms with Gasteiger partial charge in [0.15, 0.2) is 0 Å². The zero-order valence-electron chi connectivity index (χ0n) is 11.0. The van der Waals surface area contributed by atoms with Crippen LogP contribution in [0, 0.1) is 0 Å². The van der Waals surface area contributed by atoms with Gasteiger partial charge in [0.2, 0.25) is 5.91 Å². The van der Waals surface area contributed by atoms with E-state index in [1.165, 1.54) is 6.42 Å². The number of halogens is 2. The van der Waals surface area contributed by atoms with E-state index >= 15 is 0 Å². The number of piperidine rings is 1. The summed E-state index contributed by atoms with van der Waals surface area (Å²) in [5.74, 6) is -0.0360. The van der Waals surface area contributed by atoms with E-state index < -0.39 is 0 Å². The Balaban J connectivity index is 2.01. The lowest BCUT2D eigenvalue weighted by atomic mass is 10.1. The lowest BCUT2D eigenvalue weighted by molar-refractivity contribution is -0.121. The van der Waals surface area contributed by atoms with Gasteiger partial charge in [0, 0.05) is 0 Å². The molecular formula is C14H18Cl2N2O. The minimum Gasteiger partial charge on any atom is -0.323 e. The van der Waals surface area contributed by atoms with Crippen molar-refractivity contribution in [2.45, 2.75) is 32.2 Å². The fourth-order valence-electron chi connectivity index (χ4n) is 2.31. The molecule has 1 amide bonds. The van der Waals surface area contributed by atoms with E-state index in [4.69, 9.17) is 23.2 Å². The third kappa shape index (κ3) is 3.62. The molecule has 0 radical (unpaired) electrons. The molecule has 1 atom stereocenters. The molecule has 1 heterocycles. The van der Waals surface area contributed by atoms with Crippen molar-refractivity contribution in [3.05, 3.63) is 28.2 Å². The number of nitrogens with zero attached hydrogens (tertiary/aromatic N) is 1. The second-order valence-corrected chi connectivity index (χ2v) is 5.65. The first kappa shape index (κ1) is 14.6. The van der Waals surface area contributed by atoms with Gasteiger partial charge >= 0.3 is 0 Å². The molecule has 0 spiro atoms. The summed E-state index contributed by atoms with van der Waals surface area (Å²) in [6.07, 6.45) is 3.58. The molecule has 0 unspecified atom stereocenters. The van der Waals surface area contributed by atoms with Crippen LogP contribution in [-0.4, -0.2) is 29.9 Å². The molecule has 1 N–H and O–H groups in total. The summed E-state index contributed by atoms with van der Waals surface area (Å²) in [6, 6.07) is 5.09. The Hall–Kier alpha value is -0.770. The van der Waals surface area contributed by atoms with Gasteiger partial charge < -0.3 is 5.32 Å². The monoisotopic (exact) mass is 300 g/mol. The third-order valence-corrected chi connectivity index (χ3v) is 4.35. The van der Waals surface area contributed by atoms with Crippen LogP contribution in [0.3, 0.4) is 0 Å². The van der Waals surface area contributed by atoms with Crippen molar-refractivity contribution in [3.8, 4) is 0 Å². The number of hydrogen-bond donors (Lipinski definition) is 1. The molecular weight excluding hydrogens is 283 g/mol. The average Bonchev–Trinajstić information content (AvgIpc) is 2.44. The molecule has 1 aliphatic heterocycles. The number of rotatable bonds is 3. The summed E-state index contributed by atoms with van der Waals surface area (Å²) >= 11 is 12.0. The van der Waals surface area contributed by atoms with Gasteiger partial charge in [-0.15, -0.1) is 0 Å². The van der Waals surface area contributed by atoms with Crippen LogP contribution in [0.5, 0.6) is 0 Å². The highest BCUT2D eigenvalue weighted by atomic mass is 35.5. The molecule has 2 rings (SSSR count). The van der Waals surface area contributed by atoms with Crippen LogP contribution in [0.1, 0.15) is 26.2 Å². The van der Waals surface area contributed by atoms with Crippen molar-refractivity contribution in [2.24, 2.45) is 0 Å². The van der Waals surface area contributed by atoms with E-state index in [1.54, 1.807) is 18.2 Å². The van der Waals surface area contributed by atoms with E-state index in [1.807, 2.05) is 6.92 Å². The van der Waals surface area contributed by atoms with Crippen LogP contribution < -0.4 is 5.32 Å². The van der Waals surface area contributed by atoms with Crippen LogP contribution in [0.4, 0.5) is 5.69 Å². The van der Waals surface area contributed by atoms with Crippen LogP contribution in [0.15, 0.2) is 18.2 Å². The summed E-state index contributed by atoms with van der Waals surface area (Å²) in [4.78, 5) is 14.4. The molecule has 1 aromatic rings. The molecule has 0 aromatic heterocycles. The van der Waals surface area contributed by atoms with Crippen molar-refractivity contribution in [3.63, 3.8) is 0 Å². The number of carbonyl (C=O) groups excluding carboxylic acids is 1. The molecule has 1 saturated heterocycles. The number of likely N-dealkylation sites (tertiary alicyclic amines) is 1. The maximum Gasteiger partial charge on any atom is 0.241 e. The highest BCUT2D eigenvalue weighted by molar-refractivity contribution is 6.44. The van der Waals surface area contributed by atoms with Crippen LogP contribution in [0.25, 0.3) is 0 Å². The second kappa shape index (κ2) is 6.60. The SMILES string of the molecule is C[C@@H](C(=O)Nc1cccc(Cl)c1Cl)N1CCCCC1. The number of carbonyl (C=O) groups is 1. The summed E-state index contributed by atoms with van der Waals surface area (Å²) in [5.41, 5.74) is 0.572. The summed E-state index contributed by atoms with van der Waals surface area (Å²) < 4.78 is 0. The average molecular weight is 301 g/mol. The molecule has 0 bridgehead atoms. The predicted molar refractivity (Wildman–Crippen MR) is 80.0 cm³/mol. The third-order valence-electron chi connectivity index (χ3n) is 3.53. The minimum atomic E-state index is -0.143. The Morgan fingerprint density at radius 1 is 1.26 bits per heavy atom. The van der Waals surface area contributed by atoms with Gasteiger partial charge in [-0.05, 0) is 45.0 Å². The van der Waals surface area contributed by atoms with E-state index in [0.717, 1.165) is 25.9 Å². The Morgan fingerprint density at radius 2 is 1.95 bits per heavy atom. The number of amides is 1. The fraction of sp³-hybridized carbons (Fsp3) is 0.500. The lowest BCUT2D eigenvalue weighted by Crippen LogP contribution is -2.44. The van der Waals surface area contributed by atoms with Gasteiger partial charge in [0.25, 0.3) is 0 Å². The molecule has 1 aliphatic rings. The van der Waals surface area contributed by atoms with Crippen molar-refractivity contribution in [1.82, 2.24) is 4.90 Å². The highest BCUT2D eigenvalue weighted by Gasteiger charge is 2.23. The smallest absolute Gasteiger partial charge is 0.241 e. The highest BCUT2D eigenvalue weighted by Crippen LogP contribution is 2.29. The zero-order chi connectivity index (χ0) is 13.8. The minimum absolute atomic E-state index is 0.0360. The Bertz CT molecular complexity index is 459. The van der Waals surface area contributed by atoms with Gasteiger partial charge in [-0.2, -0.15) is 0 Å². The summed E-state index contributed by atoms with van der Waals surface area (Å²) in [6.45, 7) is 3.90. The molecule has 0 saturated carbocycles. The fourth-order valence-corrected chi connectivity index (χ4v) is 2.66. The van der Waals surface area contributed by atoms with E-state index in [2.05, 4.69) is 10.2 Å². The zero-order valence-corrected chi connectivity index (χ0v) is 12.5. The molecule has 1 aromatic carbocycles. The Labute approximate surface area is 123 Å². The standard InChI is InChI=1S/C14H18Cl2N2O/c1-10(18-8-3-2-4-9-18)14(19)17-12-7-5-6-11(15)13(12)16/h5-7,10H,2-4,8-9H2,1H3,(H,17,19)/t10-/m0/s1. The van der Waals surface area contributed by atoms with Gasteiger partial charge in [-0.1, -0.05) is 35.7 Å². The van der Waals surface area contributed by atoms with E-state index in [-0.39, 0.29) is 11.9 Å². The molecule has 3 nitrogen and oxygen atoms in total. The number of anilines is 1. The lowest BCUT2D eigenvalue weighted by Gasteiger charge is -2.31. The Morgan fingerprint density at radius 3 is 2.63 bits per heavy atom. The van der Waals surface area contributed by atoms with Gasteiger partial charge in [0.1, 0.15) is 0 Å². The first-order valence-electron chi connectivity index (χ1n) is 6.58. The molecule has 1 fully saturated rings. The molecule has 0 aliphatic carbocycles. The van der Waals surface area contributed by atoms with Gasteiger partial charge in [0.05, 0.1) is 21.8 Å². The van der Waals surface area contributed by atoms with Gasteiger partial charge in [-0.3, -0.25) is 9.69 Å². The van der Waals surface area contributed by atoms with Crippen molar-refractivity contribution in [1.29, 1.82) is 0 Å². The number of hydrogen-bond acceptors (Lipinski definition) is 2. The first-order chi connectivity index (χ1) is 9.09. The molecule has 104 valence electrons. The number of benzene rings is 1. The number of nitrogens with one attached hydrogen (secondary N) is 1. The Kier molecular flexibility index (Phi) is 5.08. The second-order valence-electron chi connectivity index (χ2n) is 4.86. The predicted octanol–water partition coefficient (Wildman–Crippen LogP) is 3.81. The van der Waals surface area contributed by atoms with Crippen LogP contribution in [-0.2, 0) is 4.79 Å².